The van der Waals surface area contributed by atoms with Crippen molar-refractivity contribution in [1.82, 2.24) is 0 Å². The molecular formula is C13H20FNOS. The van der Waals surface area contributed by atoms with E-state index >= 15 is 0 Å². The molecule has 17 heavy (non-hydrogen) atoms. The van der Waals surface area contributed by atoms with Gasteiger partial charge in [0.2, 0.25) is 0 Å². The van der Waals surface area contributed by atoms with Crippen LogP contribution in [-0.2, 0) is 23.1 Å². The minimum absolute atomic E-state index is 0.179. The molecule has 1 rings (SSSR count). The van der Waals surface area contributed by atoms with Gasteiger partial charge in [-0.15, -0.1) is 0 Å². The monoisotopic (exact) mass is 257 g/mol. The number of halogens is 1. The van der Waals surface area contributed by atoms with E-state index in [2.05, 4.69) is 13.8 Å². The zero-order valence-corrected chi connectivity index (χ0v) is 11.2. The smallest absolute Gasteiger partial charge is 0.131 e. The van der Waals surface area contributed by atoms with E-state index in [-0.39, 0.29) is 18.1 Å². The fourth-order valence-electron chi connectivity index (χ4n) is 1.51. The van der Waals surface area contributed by atoms with Gasteiger partial charge in [0.25, 0.3) is 0 Å². The van der Waals surface area contributed by atoms with Gasteiger partial charge in [0.1, 0.15) is 5.82 Å². The third kappa shape index (κ3) is 4.56. The molecule has 0 aliphatic carbocycles. The third-order valence-electron chi connectivity index (χ3n) is 2.62. The Hall–Kier alpha value is -0.740. The van der Waals surface area contributed by atoms with E-state index in [9.17, 15) is 8.60 Å². The van der Waals surface area contributed by atoms with Gasteiger partial charge in [0.15, 0.2) is 0 Å². The summed E-state index contributed by atoms with van der Waals surface area (Å²) >= 11 is 0. The van der Waals surface area contributed by atoms with Gasteiger partial charge in [0, 0.05) is 34.2 Å². The highest BCUT2D eigenvalue weighted by Crippen LogP contribution is 2.15. The summed E-state index contributed by atoms with van der Waals surface area (Å²) in [5, 5.41) is 0. The van der Waals surface area contributed by atoms with Gasteiger partial charge in [-0.05, 0) is 12.3 Å². The van der Waals surface area contributed by atoms with Gasteiger partial charge in [-0.1, -0.05) is 32.0 Å². The minimum Gasteiger partial charge on any atom is -0.326 e. The van der Waals surface area contributed by atoms with Crippen LogP contribution < -0.4 is 5.73 Å². The second-order valence-electron chi connectivity index (χ2n) is 4.57. The first kappa shape index (κ1) is 14.3. The van der Waals surface area contributed by atoms with Crippen molar-refractivity contribution in [1.29, 1.82) is 0 Å². The SMILES string of the molecule is CC(C)CCS(=O)Cc1cccc(CN)c1F. The van der Waals surface area contributed by atoms with Gasteiger partial charge < -0.3 is 5.73 Å². The second-order valence-corrected chi connectivity index (χ2v) is 6.14. The first-order chi connectivity index (χ1) is 8.04. The highest BCUT2D eigenvalue weighted by Gasteiger charge is 2.10. The van der Waals surface area contributed by atoms with Crippen molar-refractivity contribution in [2.45, 2.75) is 32.6 Å². The van der Waals surface area contributed by atoms with Crippen molar-refractivity contribution in [2.75, 3.05) is 5.75 Å². The van der Waals surface area contributed by atoms with Crippen LogP contribution in [0.25, 0.3) is 0 Å². The average molecular weight is 257 g/mol. The maximum atomic E-state index is 13.8. The van der Waals surface area contributed by atoms with Gasteiger partial charge in [-0.25, -0.2) is 4.39 Å². The molecule has 2 N–H and O–H groups in total. The van der Waals surface area contributed by atoms with Crippen molar-refractivity contribution in [3.63, 3.8) is 0 Å². The molecule has 1 aromatic rings. The molecule has 0 fully saturated rings. The molecule has 0 aromatic heterocycles. The van der Waals surface area contributed by atoms with Crippen LogP contribution in [0.3, 0.4) is 0 Å². The first-order valence-electron chi connectivity index (χ1n) is 5.86. The van der Waals surface area contributed by atoms with Crippen molar-refractivity contribution < 1.29 is 8.60 Å². The van der Waals surface area contributed by atoms with Gasteiger partial charge in [-0.3, -0.25) is 4.21 Å². The van der Waals surface area contributed by atoms with E-state index in [4.69, 9.17) is 5.73 Å². The van der Waals surface area contributed by atoms with E-state index in [0.29, 0.717) is 22.8 Å². The van der Waals surface area contributed by atoms with Gasteiger partial charge in [-0.2, -0.15) is 0 Å². The van der Waals surface area contributed by atoms with E-state index in [1.165, 1.54) is 0 Å². The van der Waals surface area contributed by atoms with E-state index in [1.807, 2.05) is 0 Å². The second kappa shape index (κ2) is 6.87. The number of hydrogen-bond acceptors (Lipinski definition) is 2. The summed E-state index contributed by atoms with van der Waals surface area (Å²) in [4.78, 5) is 0. The molecule has 0 aliphatic heterocycles. The molecule has 1 atom stereocenters. The molecule has 1 aromatic carbocycles. The lowest BCUT2D eigenvalue weighted by atomic mass is 10.1. The maximum absolute atomic E-state index is 13.8. The summed E-state index contributed by atoms with van der Waals surface area (Å²) in [6.07, 6.45) is 0.908. The lowest BCUT2D eigenvalue weighted by molar-refractivity contribution is 0.597. The number of hydrogen-bond donors (Lipinski definition) is 1. The average Bonchev–Trinajstić information content (AvgIpc) is 2.29. The van der Waals surface area contributed by atoms with Crippen molar-refractivity contribution in [2.24, 2.45) is 11.7 Å². The van der Waals surface area contributed by atoms with Crippen LogP contribution >= 0.6 is 0 Å². The summed E-state index contributed by atoms with van der Waals surface area (Å²) < 4.78 is 25.6. The quantitative estimate of drug-likeness (QED) is 0.851. The van der Waals surface area contributed by atoms with E-state index < -0.39 is 10.8 Å². The molecule has 0 aliphatic rings. The molecule has 0 heterocycles. The summed E-state index contributed by atoms with van der Waals surface area (Å²) in [5.74, 6) is 1.14. The number of nitrogens with two attached hydrogens (primary N) is 1. The molecule has 4 heteroatoms. The molecule has 0 spiro atoms. The molecule has 0 radical (unpaired) electrons. The first-order valence-corrected chi connectivity index (χ1v) is 7.34. The maximum Gasteiger partial charge on any atom is 0.131 e. The van der Waals surface area contributed by atoms with E-state index in [0.717, 1.165) is 6.42 Å². The van der Waals surface area contributed by atoms with Gasteiger partial charge >= 0.3 is 0 Å². The molecule has 2 nitrogen and oxygen atoms in total. The Labute approximate surface area is 105 Å². The predicted molar refractivity (Wildman–Crippen MR) is 70.5 cm³/mol. The fourth-order valence-corrected chi connectivity index (χ4v) is 2.96. The van der Waals surface area contributed by atoms with Crippen LogP contribution in [0.2, 0.25) is 0 Å². The zero-order chi connectivity index (χ0) is 12.8. The van der Waals surface area contributed by atoms with Crippen LogP contribution in [-0.4, -0.2) is 9.96 Å². The standard InChI is InChI=1S/C13H20FNOS/c1-10(2)6-7-17(16)9-12-5-3-4-11(8-15)13(12)14/h3-5,10H,6-9,15H2,1-2H3. The van der Waals surface area contributed by atoms with E-state index in [1.54, 1.807) is 18.2 Å². The lowest BCUT2D eigenvalue weighted by Crippen LogP contribution is -2.07. The zero-order valence-electron chi connectivity index (χ0n) is 10.4. The Morgan fingerprint density at radius 3 is 2.59 bits per heavy atom. The summed E-state index contributed by atoms with van der Waals surface area (Å²) in [6, 6.07) is 5.11. The van der Waals surface area contributed by atoms with Crippen molar-refractivity contribution in [3.05, 3.63) is 35.1 Å². The Balaban J connectivity index is 2.65. The summed E-state index contributed by atoms with van der Waals surface area (Å²) in [5.41, 5.74) is 6.43. The Morgan fingerprint density at radius 2 is 2.00 bits per heavy atom. The van der Waals surface area contributed by atoms with Crippen LogP contribution in [0.5, 0.6) is 0 Å². The Bertz CT molecular complexity index is 393. The topological polar surface area (TPSA) is 43.1 Å². The summed E-state index contributed by atoms with van der Waals surface area (Å²) in [7, 11) is -0.993. The predicted octanol–water partition coefficient (Wildman–Crippen LogP) is 2.58. The highest BCUT2D eigenvalue weighted by molar-refractivity contribution is 7.84. The van der Waals surface area contributed by atoms with Crippen LogP contribution in [0.1, 0.15) is 31.4 Å². The molecule has 0 amide bonds. The van der Waals surface area contributed by atoms with Gasteiger partial charge in [0.05, 0.1) is 5.75 Å². The molecule has 0 saturated heterocycles. The number of rotatable bonds is 6. The third-order valence-corrected chi connectivity index (χ3v) is 3.94. The van der Waals surface area contributed by atoms with Crippen LogP contribution in [0, 0.1) is 11.7 Å². The van der Waals surface area contributed by atoms with Crippen LogP contribution in [0.4, 0.5) is 4.39 Å². The Morgan fingerprint density at radius 1 is 1.35 bits per heavy atom. The normalized spacial score (nSPS) is 13.0. The number of benzene rings is 1. The van der Waals surface area contributed by atoms with Crippen molar-refractivity contribution in [3.8, 4) is 0 Å². The lowest BCUT2D eigenvalue weighted by Gasteiger charge is -2.08. The van der Waals surface area contributed by atoms with Crippen LogP contribution in [0.15, 0.2) is 18.2 Å². The Kier molecular flexibility index (Phi) is 5.78. The fraction of sp³-hybridized carbons (Fsp3) is 0.538. The highest BCUT2D eigenvalue weighted by atomic mass is 32.2. The largest absolute Gasteiger partial charge is 0.326 e. The molecule has 1 unspecified atom stereocenters. The molecule has 0 saturated carbocycles. The molecule has 0 bridgehead atoms. The molecule has 96 valence electrons. The minimum atomic E-state index is -0.993. The summed E-state index contributed by atoms with van der Waals surface area (Å²) in [6.45, 7) is 4.36. The molecular weight excluding hydrogens is 237 g/mol. The van der Waals surface area contributed by atoms with Crippen molar-refractivity contribution >= 4 is 10.8 Å².